The average molecular weight is 253 g/mol. The molecule has 1 fully saturated rings. The fourth-order valence-electron chi connectivity index (χ4n) is 3.60. The van der Waals surface area contributed by atoms with Gasteiger partial charge in [-0.2, -0.15) is 0 Å². The minimum atomic E-state index is 0.474. The molecule has 0 radical (unpaired) electrons. The zero-order valence-electron chi connectivity index (χ0n) is 13.0. The maximum atomic E-state index is 6.45. The summed E-state index contributed by atoms with van der Waals surface area (Å²) in [5.74, 6) is 2.70. The molecule has 0 aromatic rings. The SMILES string of the molecule is CCCCC1CCC(C(N)CC(CC)CC)CC1. The monoisotopic (exact) mass is 253 g/mol. The van der Waals surface area contributed by atoms with Crippen LogP contribution in [0.4, 0.5) is 0 Å². The molecule has 0 aromatic heterocycles. The molecule has 1 rings (SSSR count). The van der Waals surface area contributed by atoms with Crippen LogP contribution in [-0.4, -0.2) is 6.04 Å². The van der Waals surface area contributed by atoms with Gasteiger partial charge in [-0.15, -0.1) is 0 Å². The van der Waals surface area contributed by atoms with Crippen LogP contribution in [0.5, 0.6) is 0 Å². The van der Waals surface area contributed by atoms with Crippen LogP contribution in [0.2, 0.25) is 0 Å². The number of unbranched alkanes of at least 4 members (excludes halogenated alkanes) is 1. The Morgan fingerprint density at radius 2 is 1.61 bits per heavy atom. The van der Waals surface area contributed by atoms with Crippen molar-refractivity contribution in [2.24, 2.45) is 23.5 Å². The van der Waals surface area contributed by atoms with Crippen LogP contribution in [0, 0.1) is 17.8 Å². The predicted molar refractivity (Wildman–Crippen MR) is 81.6 cm³/mol. The van der Waals surface area contributed by atoms with Gasteiger partial charge in [-0.3, -0.25) is 0 Å². The van der Waals surface area contributed by atoms with E-state index in [0.29, 0.717) is 6.04 Å². The van der Waals surface area contributed by atoms with E-state index in [2.05, 4.69) is 20.8 Å². The smallest absolute Gasteiger partial charge is 0.00697 e. The molecule has 0 spiro atoms. The lowest BCUT2D eigenvalue weighted by atomic mass is 9.75. The van der Waals surface area contributed by atoms with Crippen molar-refractivity contribution in [3.63, 3.8) is 0 Å². The van der Waals surface area contributed by atoms with Crippen molar-refractivity contribution in [2.45, 2.75) is 91.0 Å². The quantitative estimate of drug-likeness (QED) is 0.637. The van der Waals surface area contributed by atoms with Crippen molar-refractivity contribution in [1.29, 1.82) is 0 Å². The van der Waals surface area contributed by atoms with Crippen LogP contribution >= 0.6 is 0 Å². The first-order valence-electron chi connectivity index (χ1n) is 8.46. The summed E-state index contributed by atoms with van der Waals surface area (Å²) in [4.78, 5) is 0. The zero-order chi connectivity index (χ0) is 13.4. The normalized spacial score (nSPS) is 26.5. The Kier molecular flexibility index (Phi) is 7.97. The molecule has 0 aromatic carbocycles. The summed E-state index contributed by atoms with van der Waals surface area (Å²) in [7, 11) is 0. The van der Waals surface area contributed by atoms with Gasteiger partial charge in [0.15, 0.2) is 0 Å². The van der Waals surface area contributed by atoms with E-state index in [0.717, 1.165) is 17.8 Å². The van der Waals surface area contributed by atoms with E-state index in [-0.39, 0.29) is 0 Å². The van der Waals surface area contributed by atoms with E-state index in [4.69, 9.17) is 5.73 Å². The fourth-order valence-corrected chi connectivity index (χ4v) is 3.60. The van der Waals surface area contributed by atoms with Gasteiger partial charge in [-0.1, -0.05) is 65.7 Å². The van der Waals surface area contributed by atoms with Gasteiger partial charge in [0.25, 0.3) is 0 Å². The largest absolute Gasteiger partial charge is 0.327 e. The molecule has 0 bridgehead atoms. The Labute approximate surface area is 115 Å². The van der Waals surface area contributed by atoms with Crippen molar-refractivity contribution in [2.75, 3.05) is 0 Å². The van der Waals surface area contributed by atoms with E-state index < -0.39 is 0 Å². The Balaban J connectivity index is 2.24. The average Bonchev–Trinajstić information content (AvgIpc) is 2.42. The molecule has 1 aliphatic carbocycles. The Morgan fingerprint density at radius 1 is 1.00 bits per heavy atom. The molecule has 1 heteroatoms. The first kappa shape index (κ1) is 16.0. The minimum absolute atomic E-state index is 0.474. The summed E-state index contributed by atoms with van der Waals surface area (Å²) in [5.41, 5.74) is 6.45. The Hall–Kier alpha value is -0.0400. The number of rotatable bonds is 8. The molecule has 1 atom stereocenters. The molecule has 1 saturated carbocycles. The minimum Gasteiger partial charge on any atom is -0.327 e. The molecular formula is C17H35N. The van der Waals surface area contributed by atoms with E-state index in [1.165, 1.54) is 64.2 Å². The lowest BCUT2D eigenvalue weighted by Gasteiger charge is -2.33. The van der Waals surface area contributed by atoms with E-state index in [9.17, 15) is 0 Å². The van der Waals surface area contributed by atoms with Gasteiger partial charge < -0.3 is 5.73 Å². The van der Waals surface area contributed by atoms with Gasteiger partial charge in [0.2, 0.25) is 0 Å². The highest BCUT2D eigenvalue weighted by atomic mass is 14.7. The van der Waals surface area contributed by atoms with Gasteiger partial charge in [0.05, 0.1) is 0 Å². The van der Waals surface area contributed by atoms with Gasteiger partial charge in [-0.25, -0.2) is 0 Å². The first-order chi connectivity index (χ1) is 8.71. The van der Waals surface area contributed by atoms with Crippen molar-refractivity contribution in [3.8, 4) is 0 Å². The molecule has 1 unspecified atom stereocenters. The van der Waals surface area contributed by atoms with E-state index >= 15 is 0 Å². The lowest BCUT2D eigenvalue weighted by Crippen LogP contribution is -2.34. The van der Waals surface area contributed by atoms with Gasteiger partial charge >= 0.3 is 0 Å². The predicted octanol–water partition coefficient (Wildman–Crippen LogP) is 5.14. The summed E-state index contributed by atoms with van der Waals surface area (Å²) >= 11 is 0. The summed E-state index contributed by atoms with van der Waals surface area (Å²) in [6.07, 6.45) is 13.8. The third-order valence-electron chi connectivity index (χ3n) is 5.22. The molecule has 0 aliphatic heterocycles. The zero-order valence-corrected chi connectivity index (χ0v) is 13.0. The third kappa shape index (κ3) is 5.30. The molecule has 18 heavy (non-hydrogen) atoms. The fraction of sp³-hybridized carbons (Fsp3) is 1.00. The van der Waals surface area contributed by atoms with Crippen molar-refractivity contribution < 1.29 is 0 Å². The Morgan fingerprint density at radius 3 is 2.11 bits per heavy atom. The third-order valence-corrected chi connectivity index (χ3v) is 5.22. The second kappa shape index (κ2) is 8.96. The molecule has 0 amide bonds. The number of hydrogen-bond acceptors (Lipinski definition) is 1. The lowest BCUT2D eigenvalue weighted by molar-refractivity contribution is 0.212. The molecule has 2 N–H and O–H groups in total. The van der Waals surface area contributed by atoms with Crippen molar-refractivity contribution >= 4 is 0 Å². The van der Waals surface area contributed by atoms with Crippen LogP contribution < -0.4 is 5.73 Å². The maximum Gasteiger partial charge on any atom is 0.00697 e. The number of hydrogen-bond donors (Lipinski definition) is 1. The van der Waals surface area contributed by atoms with E-state index in [1.54, 1.807) is 0 Å². The Bertz CT molecular complexity index is 190. The standard InChI is InChI=1S/C17H35N/c1-4-7-8-15-9-11-16(12-10-15)17(18)13-14(5-2)6-3/h14-17H,4-13,18H2,1-3H3. The van der Waals surface area contributed by atoms with Crippen LogP contribution in [0.3, 0.4) is 0 Å². The van der Waals surface area contributed by atoms with Gasteiger partial charge in [0, 0.05) is 6.04 Å². The molecule has 108 valence electrons. The molecule has 0 heterocycles. The highest BCUT2D eigenvalue weighted by Crippen LogP contribution is 2.34. The molecule has 0 saturated heterocycles. The summed E-state index contributed by atoms with van der Waals surface area (Å²) in [6.45, 7) is 6.92. The maximum absolute atomic E-state index is 6.45. The highest BCUT2D eigenvalue weighted by Gasteiger charge is 2.26. The van der Waals surface area contributed by atoms with Crippen LogP contribution in [0.25, 0.3) is 0 Å². The number of nitrogens with two attached hydrogens (primary N) is 1. The van der Waals surface area contributed by atoms with Crippen LogP contribution in [0.15, 0.2) is 0 Å². The van der Waals surface area contributed by atoms with Gasteiger partial charge in [-0.05, 0) is 37.0 Å². The highest BCUT2D eigenvalue weighted by molar-refractivity contribution is 4.81. The summed E-state index contributed by atoms with van der Waals surface area (Å²) in [5, 5.41) is 0. The summed E-state index contributed by atoms with van der Waals surface area (Å²) < 4.78 is 0. The summed E-state index contributed by atoms with van der Waals surface area (Å²) in [6, 6.07) is 0.474. The second-order valence-electron chi connectivity index (χ2n) is 6.51. The van der Waals surface area contributed by atoms with Gasteiger partial charge in [0.1, 0.15) is 0 Å². The van der Waals surface area contributed by atoms with Crippen LogP contribution in [0.1, 0.15) is 85.0 Å². The second-order valence-corrected chi connectivity index (χ2v) is 6.51. The van der Waals surface area contributed by atoms with E-state index in [1.807, 2.05) is 0 Å². The molecule has 1 nitrogen and oxygen atoms in total. The molecule has 1 aliphatic rings. The topological polar surface area (TPSA) is 26.0 Å². The van der Waals surface area contributed by atoms with Crippen molar-refractivity contribution in [1.82, 2.24) is 0 Å². The van der Waals surface area contributed by atoms with Crippen molar-refractivity contribution in [3.05, 3.63) is 0 Å². The first-order valence-corrected chi connectivity index (χ1v) is 8.46. The van der Waals surface area contributed by atoms with Crippen LogP contribution in [-0.2, 0) is 0 Å². The molecular weight excluding hydrogens is 218 g/mol.